The minimum absolute atomic E-state index is 0.0836. The number of amides is 2. The lowest BCUT2D eigenvalue weighted by molar-refractivity contribution is 0.188. The zero-order valence-corrected chi connectivity index (χ0v) is 11.5. The molecule has 0 aliphatic carbocycles. The van der Waals surface area contributed by atoms with Gasteiger partial charge in [-0.15, -0.1) is 0 Å². The van der Waals surface area contributed by atoms with Gasteiger partial charge < -0.3 is 20.7 Å². The number of hydrogen-bond acceptors (Lipinski definition) is 3. The second kappa shape index (κ2) is 6.13. The van der Waals surface area contributed by atoms with E-state index in [1.54, 1.807) is 0 Å². The summed E-state index contributed by atoms with van der Waals surface area (Å²) < 4.78 is 5.23. The highest BCUT2D eigenvalue weighted by molar-refractivity contribution is 5.74. The largest absolute Gasteiger partial charge is 0.384 e. The molecule has 0 aromatic heterocycles. The predicted octanol–water partition coefficient (Wildman–Crippen LogP) is 1.67. The molecular formula is C15H21N3O2. The molecule has 0 saturated carbocycles. The number of carbonyl (C=O) groups excluding carboxylic acids is 1. The van der Waals surface area contributed by atoms with E-state index >= 15 is 0 Å². The highest BCUT2D eigenvalue weighted by atomic mass is 16.5. The topological polar surface area (TPSA) is 62.4 Å². The molecule has 1 aromatic rings. The molecule has 0 bridgehead atoms. The van der Waals surface area contributed by atoms with Crippen molar-refractivity contribution in [3.63, 3.8) is 0 Å². The van der Waals surface area contributed by atoms with Gasteiger partial charge in [0.05, 0.1) is 12.6 Å². The summed E-state index contributed by atoms with van der Waals surface area (Å²) in [5, 5.41) is 9.27. The molecule has 0 radical (unpaired) electrons. The van der Waals surface area contributed by atoms with Crippen LogP contribution in [0.2, 0.25) is 0 Å². The van der Waals surface area contributed by atoms with E-state index in [2.05, 4.69) is 34.1 Å². The molecule has 3 rings (SSSR count). The minimum atomic E-state index is -0.0836. The van der Waals surface area contributed by atoms with Crippen LogP contribution in [0.3, 0.4) is 0 Å². The van der Waals surface area contributed by atoms with Crippen molar-refractivity contribution in [3.05, 3.63) is 29.8 Å². The second-order valence-corrected chi connectivity index (χ2v) is 5.41. The minimum Gasteiger partial charge on any atom is -0.384 e. The summed E-state index contributed by atoms with van der Waals surface area (Å²) >= 11 is 0. The second-order valence-electron chi connectivity index (χ2n) is 5.41. The quantitative estimate of drug-likeness (QED) is 0.783. The number of para-hydroxylation sites is 1. The molecule has 2 aliphatic heterocycles. The summed E-state index contributed by atoms with van der Waals surface area (Å²) in [6.45, 7) is 3.03. The standard InChI is InChI=1S/C15H21N3O2/c19-15(18-12-6-8-20-10-12)16-7-5-11-9-17-14-4-2-1-3-13(11)14/h1-4,11-12,17H,5-10H2,(H2,16,18,19). The Labute approximate surface area is 119 Å². The molecule has 5 heteroatoms. The normalized spacial score (nSPS) is 24.0. The third-order valence-electron chi connectivity index (χ3n) is 3.98. The number of ether oxygens (including phenoxy) is 1. The van der Waals surface area contributed by atoms with Gasteiger partial charge in [-0.3, -0.25) is 0 Å². The fraction of sp³-hybridized carbons (Fsp3) is 0.533. The lowest BCUT2D eigenvalue weighted by atomic mass is 9.98. The average Bonchev–Trinajstić information content (AvgIpc) is 3.09. The first-order valence-electron chi connectivity index (χ1n) is 7.28. The number of fused-ring (bicyclic) bond motifs is 1. The van der Waals surface area contributed by atoms with Crippen LogP contribution in [0.15, 0.2) is 24.3 Å². The van der Waals surface area contributed by atoms with E-state index in [0.717, 1.165) is 26.0 Å². The summed E-state index contributed by atoms with van der Waals surface area (Å²) in [6.07, 6.45) is 1.87. The first-order valence-corrected chi connectivity index (χ1v) is 7.28. The van der Waals surface area contributed by atoms with Gasteiger partial charge in [0, 0.05) is 31.3 Å². The van der Waals surface area contributed by atoms with Gasteiger partial charge in [-0.05, 0) is 24.5 Å². The van der Waals surface area contributed by atoms with E-state index in [1.165, 1.54) is 11.3 Å². The van der Waals surface area contributed by atoms with Gasteiger partial charge in [0.25, 0.3) is 0 Å². The molecule has 108 valence electrons. The van der Waals surface area contributed by atoms with Crippen LogP contribution in [0.4, 0.5) is 10.5 Å². The van der Waals surface area contributed by atoms with Crippen molar-refractivity contribution in [2.45, 2.75) is 24.8 Å². The van der Waals surface area contributed by atoms with Crippen LogP contribution in [-0.2, 0) is 4.74 Å². The molecule has 2 aliphatic rings. The summed E-state index contributed by atoms with van der Waals surface area (Å²) in [5.41, 5.74) is 2.59. The van der Waals surface area contributed by atoms with Crippen LogP contribution in [-0.4, -0.2) is 38.4 Å². The van der Waals surface area contributed by atoms with Crippen molar-refractivity contribution in [3.8, 4) is 0 Å². The Bertz CT molecular complexity index is 472. The van der Waals surface area contributed by atoms with E-state index in [1.807, 2.05) is 6.07 Å². The molecule has 2 unspecified atom stereocenters. The highest BCUT2D eigenvalue weighted by Crippen LogP contribution is 2.32. The van der Waals surface area contributed by atoms with Gasteiger partial charge >= 0.3 is 6.03 Å². The third kappa shape index (κ3) is 3.04. The molecular weight excluding hydrogens is 254 g/mol. The monoisotopic (exact) mass is 275 g/mol. The number of benzene rings is 1. The van der Waals surface area contributed by atoms with Crippen molar-refractivity contribution in [1.82, 2.24) is 10.6 Å². The predicted molar refractivity (Wildman–Crippen MR) is 78.0 cm³/mol. The van der Waals surface area contributed by atoms with E-state index in [9.17, 15) is 4.79 Å². The maximum Gasteiger partial charge on any atom is 0.315 e. The number of hydrogen-bond donors (Lipinski definition) is 3. The Morgan fingerprint density at radius 3 is 3.15 bits per heavy atom. The van der Waals surface area contributed by atoms with E-state index < -0.39 is 0 Å². The van der Waals surface area contributed by atoms with Crippen molar-refractivity contribution < 1.29 is 9.53 Å². The van der Waals surface area contributed by atoms with Crippen LogP contribution in [0.25, 0.3) is 0 Å². The molecule has 2 heterocycles. The summed E-state index contributed by atoms with van der Waals surface area (Å²) in [6, 6.07) is 8.47. The van der Waals surface area contributed by atoms with Gasteiger partial charge in [0.15, 0.2) is 0 Å². The van der Waals surface area contributed by atoms with Crippen molar-refractivity contribution in [2.24, 2.45) is 0 Å². The van der Waals surface area contributed by atoms with Crippen molar-refractivity contribution >= 4 is 11.7 Å². The van der Waals surface area contributed by atoms with Crippen LogP contribution < -0.4 is 16.0 Å². The maximum atomic E-state index is 11.7. The van der Waals surface area contributed by atoms with Gasteiger partial charge in [-0.25, -0.2) is 4.79 Å². The van der Waals surface area contributed by atoms with Crippen LogP contribution in [0, 0.1) is 0 Å². The summed E-state index contributed by atoms with van der Waals surface area (Å²) in [4.78, 5) is 11.7. The lowest BCUT2D eigenvalue weighted by Gasteiger charge is -2.14. The molecule has 20 heavy (non-hydrogen) atoms. The van der Waals surface area contributed by atoms with Gasteiger partial charge in [0.2, 0.25) is 0 Å². The van der Waals surface area contributed by atoms with E-state index in [-0.39, 0.29) is 12.1 Å². The van der Waals surface area contributed by atoms with E-state index in [0.29, 0.717) is 19.1 Å². The molecule has 1 aromatic carbocycles. The number of urea groups is 1. The van der Waals surface area contributed by atoms with Gasteiger partial charge in [-0.1, -0.05) is 18.2 Å². The third-order valence-corrected chi connectivity index (χ3v) is 3.98. The molecule has 3 N–H and O–H groups in total. The summed E-state index contributed by atoms with van der Waals surface area (Å²) in [5.74, 6) is 0.487. The number of anilines is 1. The van der Waals surface area contributed by atoms with E-state index in [4.69, 9.17) is 4.74 Å². The first-order chi connectivity index (χ1) is 9.83. The number of nitrogens with one attached hydrogen (secondary N) is 3. The van der Waals surface area contributed by atoms with Crippen LogP contribution in [0.5, 0.6) is 0 Å². The summed E-state index contributed by atoms with van der Waals surface area (Å²) in [7, 11) is 0. The van der Waals surface area contributed by atoms with Crippen LogP contribution in [0.1, 0.15) is 24.3 Å². The Morgan fingerprint density at radius 2 is 2.30 bits per heavy atom. The zero-order valence-electron chi connectivity index (χ0n) is 11.5. The Balaban J connectivity index is 1.41. The Morgan fingerprint density at radius 1 is 1.40 bits per heavy atom. The number of carbonyl (C=O) groups is 1. The Kier molecular flexibility index (Phi) is 4.06. The SMILES string of the molecule is O=C(NCCC1CNc2ccccc21)NC1CCOC1. The molecule has 1 fully saturated rings. The fourth-order valence-electron chi connectivity index (χ4n) is 2.86. The molecule has 1 saturated heterocycles. The molecule has 2 amide bonds. The van der Waals surface area contributed by atoms with Crippen LogP contribution >= 0.6 is 0 Å². The fourth-order valence-corrected chi connectivity index (χ4v) is 2.86. The number of rotatable bonds is 4. The first kappa shape index (κ1) is 13.2. The molecule has 0 spiro atoms. The zero-order chi connectivity index (χ0) is 13.8. The highest BCUT2D eigenvalue weighted by Gasteiger charge is 2.21. The smallest absolute Gasteiger partial charge is 0.315 e. The van der Waals surface area contributed by atoms with Gasteiger partial charge in [-0.2, -0.15) is 0 Å². The average molecular weight is 275 g/mol. The van der Waals surface area contributed by atoms with Gasteiger partial charge in [0.1, 0.15) is 0 Å². The van der Waals surface area contributed by atoms with Crippen molar-refractivity contribution in [1.29, 1.82) is 0 Å². The molecule has 5 nitrogen and oxygen atoms in total. The molecule has 2 atom stereocenters. The lowest BCUT2D eigenvalue weighted by Crippen LogP contribution is -2.42. The maximum absolute atomic E-state index is 11.7. The van der Waals surface area contributed by atoms with Crippen molar-refractivity contribution in [2.75, 3.05) is 31.6 Å². The Hall–Kier alpha value is -1.75.